The van der Waals surface area contributed by atoms with Gasteiger partial charge in [-0.1, -0.05) is 66.6 Å². The molecule has 0 N–H and O–H groups in total. The number of para-hydroxylation sites is 1. The molecule has 0 spiro atoms. The molecule has 0 atom stereocenters. The third-order valence-electron chi connectivity index (χ3n) is 5.48. The lowest BCUT2D eigenvalue weighted by molar-refractivity contribution is 0.900. The number of fused-ring (bicyclic) bond motifs is 1. The fraction of sp³-hybridized carbons (Fsp3) is 0.115. The standard InChI is InChI=1S/C26H21ClN4O/c1-3-22-28-23-25(30(22)20-7-5-4-6-8-20)29-24(18-11-9-17(2)10-12-18)31(26(23)32)21-15-13-19(27)14-16-21/h4-16H,3H2,1-2H3. The van der Waals surface area contributed by atoms with Crippen molar-refractivity contribution in [3.05, 3.63) is 106 Å². The Balaban J connectivity index is 1.89. The second-order valence-corrected chi connectivity index (χ2v) is 8.08. The number of nitrogens with zero attached hydrogens (tertiary/aromatic N) is 4. The Morgan fingerprint density at radius 2 is 1.47 bits per heavy atom. The van der Waals surface area contributed by atoms with Gasteiger partial charge in [0.25, 0.3) is 5.56 Å². The Morgan fingerprint density at radius 1 is 0.812 bits per heavy atom. The molecule has 0 unspecified atom stereocenters. The van der Waals surface area contributed by atoms with Gasteiger partial charge in [0.15, 0.2) is 11.2 Å². The van der Waals surface area contributed by atoms with Gasteiger partial charge in [-0.15, -0.1) is 0 Å². The van der Waals surface area contributed by atoms with E-state index in [9.17, 15) is 4.79 Å². The molecule has 32 heavy (non-hydrogen) atoms. The highest BCUT2D eigenvalue weighted by Gasteiger charge is 2.21. The first-order valence-corrected chi connectivity index (χ1v) is 10.9. The molecular weight excluding hydrogens is 420 g/mol. The fourth-order valence-corrected chi connectivity index (χ4v) is 3.99. The lowest BCUT2D eigenvalue weighted by Crippen LogP contribution is -2.22. The number of halogens is 1. The predicted molar refractivity (Wildman–Crippen MR) is 129 cm³/mol. The van der Waals surface area contributed by atoms with Crippen LogP contribution in [-0.4, -0.2) is 19.1 Å². The van der Waals surface area contributed by atoms with Crippen LogP contribution in [0, 0.1) is 6.92 Å². The number of aryl methyl sites for hydroxylation is 2. The van der Waals surface area contributed by atoms with E-state index in [1.165, 1.54) is 0 Å². The van der Waals surface area contributed by atoms with Gasteiger partial charge in [0.1, 0.15) is 11.6 Å². The zero-order chi connectivity index (χ0) is 22.2. The average Bonchev–Trinajstić information content (AvgIpc) is 3.20. The van der Waals surface area contributed by atoms with E-state index >= 15 is 0 Å². The lowest BCUT2D eigenvalue weighted by atomic mass is 10.1. The van der Waals surface area contributed by atoms with Gasteiger partial charge >= 0.3 is 0 Å². The Kier molecular flexibility index (Phi) is 5.11. The summed E-state index contributed by atoms with van der Waals surface area (Å²) >= 11 is 6.10. The van der Waals surface area contributed by atoms with Gasteiger partial charge in [0.05, 0.1) is 5.69 Å². The van der Waals surface area contributed by atoms with Crippen molar-refractivity contribution in [1.82, 2.24) is 19.1 Å². The lowest BCUT2D eigenvalue weighted by Gasteiger charge is -2.14. The van der Waals surface area contributed by atoms with Crippen LogP contribution in [0.2, 0.25) is 5.02 Å². The quantitative estimate of drug-likeness (QED) is 0.357. The van der Waals surface area contributed by atoms with Gasteiger partial charge in [-0.05, 0) is 43.3 Å². The van der Waals surface area contributed by atoms with Crippen molar-refractivity contribution in [2.24, 2.45) is 0 Å². The number of hydrogen-bond acceptors (Lipinski definition) is 3. The van der Waals surface area contributed by atoms with Crippen LogP contribution in [0.4, 0.5) is 0 Å². The van der Waals surface area contributed by atoms with Crippen molar-refractivity contribution in [3.8, 4) is 22.8 Å². The van der Waals surface area contributed by atoms with Crippen LogP contribution in [0.15, 0.2) is 83.7 Å². The highest BCUT2D eigenvalue weighted by Crippen LogP contribution is 2.26. The first-order chi connectivity index (χ1) is 15.6. The Labute approximate surface area is 190 Å². The van der Waals surface area contributed by atoms with Crippen LogP contribution in [0.1, 0.15) is 18.3 Å². The van der Waals surface area contributed by atoms with Crippen molar-refractivity contribution in [3.63, 3.8) is 0 Å². The van der Waals surface area contributed by atoms with Crippen molar-refractivity contribution in [2.75, 3.05) is 0 Å². The SMILES string of the molecule is CCc1nc2c(=O)n(-c3ccc(Cl)cc3)c(-c3ccc(C)cc3)nc2n1-c1ccccc1. The molecule has 3 aromatic carbocycles. The summed E-state index contributed by atoms with van der Waals surface area (Å²) in [7, 11) is 0. The predicted octanol–water partition coefficient (Wildman–Crippen LogP) is 5.76. The summed E-state index contributed by atoms with van der Waals surface area (Å²) in [6.07, 6.45) is 0.672. The molecule has 158 valence electrons. The maximum atomic E-state index is 13.8. The van der Waals surface area contributed by atoms with Gasteiger partial charge < -0.3 is 0 Å². The van der Waals surface area contributed by atoms with E-state index in [-0.39, 0.29) is 5.56 Å². The molecule has 0 radical (unpaired) electrons. The van der Waals surface area contributed by atoms with Gasteiger partial charge in [0, 0.05) is 22.7 Å². The average molecular weight is 441 g/mol. The first kappa shape index (κ1) is 20.2. The molecule has 0 saturated heterocycles. The summed E-state index contributed by atoms with van der Waals surface area (Å²) in [5, 5.41) is 0.606. The summed E-state index contributed by atoms with van der Waals surface area (Å²) in [5.74, 6) is 1.35. The van der Waals surface area contributed by atoms with Crippen LogP contribution >= 0.6 is 11.6 Å². The van der Waals surface area contributed by atoms with Crippen molar-refractivity contribution in [2.45, 2.75) is 20.3 Å². The van der Waals surface area contributed by atoms with E-state index in [0.29, 0.717) is 34.1 Å². The van der Waals surface area contributed by atoms with Crippen molar-refractivity contribution in [1.29, 1.82) is 0 Å². The minimum atomic E-state index is -0.211. The topological polar surface area (TPSA) is 52.7 Å². The van der Waals surface area contributed by atoms with Crippen molar-refractivity contribution < 1.29 is 0 Å². The van der Waals surface area contributed by atoms with E-state index in [1.54, 1.807) is 16.7 Å². The summed E-state index contributed by atoms with van der Waals surface area (Å²) in [5.41, 5.74) is 4.29. The van der Waals surface area contributed by atoms with Crippen LogP contribution in [0.25, 0.3) is 33.9 Å². The zero-order valence-corrected chi connectivity index (χ0v) is 18.5. The minimum absolute atomic E-state index is 0.211. The van der Waals surface area contributed by atoms with E-state index in [1.807, 2.05) is 85.1 Å². The van der Waals surface area contributed by atoms with Gasteiger partial charge in [0.2, 0.25) is 0 Å². The van der Waals surface area contributed by atoms with E-state index in [4.69, 9.17) is 21.6 Å². The highest BCUT2D eigenvalue weighted by atomic mass is 35.5. The molecule has 2 heterocycles. The molecule has 0 saturated carbocycles. The third kappa shape index (κ3) is 3.41. The van der Waals surface area contributed by atoms with E-state index < -0.39 is 0 Å². The minimum Gasteiger partial charge on any atom is -0.280 e. The maximum Gasteiger partial charge on any atom is 0.286 e. The van der Waals surface area contributed by atoms with E-state index in [0.717, 1.165) is 22.6 Å². The second kappa shape index (κ2) is 8.09. The molecule has 5 nitrogen and oxygen atoms in total. The molecule has 5 aromatic rings. The highest BCUT2D eigenvalue weighted by molar-refractivity contribution is 6.30. The van der Waals surface area contributed by atoms with Crippen LogP contribution in [0.5, 0.6) is 0 Å². The normalized spacial score (nSPS) is 11.2. The molecule has 0 fully saturated rings. The molecule has 0 aliphatic rings. The molecular formula is C26H21ClN4O. The summed E-state index contributed by atoms with van der Waals surface area (Å²) < 4.78 is 3.59. The third-order valence-corrected chi connectivity index (χ3v) is 5.73. The molecule has 2 aromatic heterocycles. The Hall–Kier alpha value is -3.70. The van der Waals surface area contributed by atoms with Gasteiger partial charge in [-0.3, -0.25) is 13.9 Å². The Bertz CT molecular complexity index is 1470. The van der Waals surface area contributed by atoms with Crippen LogP contribution in [-0.2, 0) is 6.42 Å². The number of imidazole rings is 1. The summed E-state index contributed by atoms with van der Waals surface area (Å²) in [6, 6.07) is 25.1. The number of aromatic nitrogens is 4. The number of hydrogen-bond donors (Lipinski definition) is 0. The van der Waals surface area contributed by atoms with Gasteiger partial charge in [-0.25, -0.2) is 9.97 Å². The monoisotopic (exact) mass is 440 g/mol. The summed E-state index contributed by atoms with van der Waals surface area (Å²) in [4.78, 5) is 23.5. The largest absolute Gasteiger partial charge is 0.286 e. The zero-order valence-electron chi connectivity index (χ0n) is 17.8. The number of rotatable bonds is 4. The first-order valence-electron chi connectivity index (χ1n) is 10.5. The maximum absolute atomic E-state index is 13.8. The molecule has 0 bridgehead atoms. The van der Waals surface area contributed by atoms with Crippen LogP contribution < -0.4 is 5.56 Å². The smallest absolute Gasteiger partial charge is 0.280 e. The Morgan fingerprint density at radius 3 is 2.12 bits per heavy atom. The van der Waals surface area contributed by atoms with E-state index in [2.05, 4.69) is 0 Å². The summed E-state index contributed by atoms with van der Waals surface area (Å²) in [6.45, 7) is 4.06. The second-order valence-electron chi connectivity index (χ2n) is 7.64. The molecule has 5 rings (SSSR count). The van der Waals surface area contributed by atoms with Crippen molar-refractivity contribution >= 4 is 22.8 Å². The van der Waals surface area contributed by atoms with Crippen LogP contribution in [0.3, 0.4) is 0 Å². The molecule has 0 amide bonds. The molecule has 0 aliphatic heterocycles. The molecule has 6 heteroatoms. The number of benzene rings is 3. The molecule has 0 aliphatic carbocycles. The van der Waals surface area contributed by atoms with Gasteiger partial charge in [-0.2, -0.15) is 0 Å². The fourth-order valence-electron chi connectivity index (χ4n) is 3.87.